The van der Waals surface area contributed by atoms with E-state index in [1.165, 1.54) is 11.9 Å². The summed E-state index contributed by atoms with van der Waals surface area (Å²) < 4.78 is 23.2. The topological polar surface area (TPSA) is 95.0 Å². The number of hydrogen-bond donors (Lipinski definition) is 1. The van der Waals surface area contributed by atoms with Crippen LogP contribution in [-0.2, 0) is 19.6 Å². The second-order valence-corrected chi connectivity index (χ2v) is 6.19. The molecule has 0 aromatic rings. The van der Waals surface area contributed by atoms with Crippen LogP contribution in [0.15, 0.2) is 0 Å². The number of rotatable bonds is 4. The van der Waals surface area contributed by atoms with Crippen molar-refractivity contribution in [2.24, 2.45) is 0 Å². The lowest BCUT2D eigenvalue weighted by Gasteiger charge is -2.23. The maximum Gasteiger partial charge on any atom is 0.326 e. The molecule has 0 aromatic carbocycles. The largest absolute Gasteiger partial charge is 0.480 e. The highest BCUT2D eigenvalue weighted by Gasteiger charge is 2.34. The zero-order valence-corrected chi connectivity index (χ0v) is 10.6. The van der Waals surface area contributed by atoms with E-state index >= 15 is 0 Å². The molecule has 0 radical (unpaired) electrons. The Kier molecular flexibility index (Phi) is 4.10. The molecule has 1 heterocycles. The zero-order chi connectivity index (χ0) is 13.2. The molecular weight excluding hydrogens is 248 g/mol. The molecule has 17 heavy (non-hydrogen) atoms. The summed E-state index contributed by atoms with van der Waals surface area (Å²) in [6.07, 6.45) is 2.05. The minimum absolute atomic E-state index is 0.317. The number of nitrogens with zero attached hydrogens (tertiary/aromatic N) is 2. The maximum absolute atomic E-state index is 11.8. The van der Waals surface area contributed by atoms with Crippen LogP contribution in [0, 0.1) is 0 Å². The van der Waals surface area contributed by atoms with Gasteiger partial charge in [-0.25, -0.2) is 13.2 Å². The molecule has 1 fully saturated rings. The van der Waals surface area contributed by atoms with E-state index in [2.05, 4.69) is 0 Å². The fourth-order valence-corrected chi connectivity index (χ4v) is 2.07. The summed E-state index contributed by atoms with van der Waals surface area (Å²) >= 11 is 0. The molecule has 98 valence electrons. The maximum atomic E-state index is 11.8. The summed E-state index contributed by atoms with van der Waals surface area (Å²) in [6.45, 7) is 0.0516. The van der Waals surface area contributed by atoms with Crippen molar-refractivity contribution in [3.05, 3.63) is 0 Å². The lowest BCUT2D eigenvalue weighted by molar-refractivity contribution is -0.148. The third kappa shape index (κ3) is 3.40. The summed E-state index contributed by atoms with van der Waals surface area (Å²) in [6, 6.07) is -0.824. The Balaban J connectivity index is 2.68. The van der Waals surface area contributed by atoms with Crippen LogP contribution in [0.5, 0.6) is 0 Å². The van der Waals surface area contributed by atoms with E-state index in [0.717, 1.165) is 10.6 Å². The van der Waals surface area contributed by atoms with Gasteiger partial charge in [0.15, 0.2) is 0 Å². The van der Waals surface area contributed by atoms with E-state index in [9.17, 15) is 18.0 Å². The minimum atomic E-state index is -3.43. The van der Waals surface area contributed by atoms with Gasteiger partial charge in [-0.1, -0.05) is 0 Å². The van der Waals surface area contributed by atoms with Gasteiger partial charge >= 0.3 is 5.97 Å². The number of carboxylic acid groups (broad SMARTS) is 1. The number of amides is 1. The average molecular weight is 264 g/mol. The Labute approximate surface area is 100 Å². The zero-order valence-electron chi connectivity index (χ0n) is 9.79. The molecule has 0 saturated carbocycles. The second-order valence-electron chi connectivity index (χ2n) is 4.10. The summed E-state index contributed by atoms with van der Waals surface area (Å²) in [4.78, 5) is 23.9. The Morgan fingerprint density at radius 2 is 2.06 bits per heavy atom. The van der Waals surface area contributed by atoms with E-state index in [0.29, 0.717) is 19.4 Å². The van der Waals surface area contributed by atoms with Crippen LogP contribution < -0.4 is 0 Å². The van der Waals surface area contributed by atoms with E-state index in [1.54, 1.807) is 0 Å². The van der Waals surface area contributed by atoms with Gasteiger partial charge in [-0.05, 0) is 12.8 Å². The van der Waals surface area contributed by atoms with Gasteiger partial charge in [0, 0.05) is 13.6 Å². The molecule has 0 aliphatic carbocycles. The molecule has 1 atom stereocenters. The second kappa shape index (κ2) is 5.01. The van der Waals surface area contributed by atoms with E-state index in [1.807, 2.05) is 0 Å². The van der Waals surface area contributed by atoms with Crippen molar-refractivity contribution in [1.82, 2.24) is 9.21 Å². The van der Waals surface area contributed by atoms with Crippen molar-refractivity contribution in [3.8, 4) is 0 Å². The monoisotopic (exact) mass is 264 g/mol. The van der Waals surface area contributed by atoms with Crippen molar-refractivity contribution in [1.29, 1.82) is 0 Å². The van der Waals surface area contributed by atoms with Gasteiger partial charge < -0.3 is 10.0 Å². The van der Waals surface area contributed by atoms with E-state index < -0.39 is 27.9 Å². The van der Waals surface area contributed by atoms with Crippen LogP contribution in [0.2, 0.25) is 0 Å². The van der Waals surface area contributed by atoms with Crippen molar-refractivity contribution in [3.63, 3.8) is 0 Å². The lowest BCUT2D eigenvalue weighted by Crippen LogP contribution is -2.45. The van der Waals surface area contributed by atoms with E-state index in [-0.39, 0.29) is 6.54 Å². The molecule has 0 aromatic heterocycles. The van der Waals surface area contributed by atoms with Crippen LogP contribution in [0.3, 0.4) is 0 Å². The van der Waals surface area contributed by atoms with Gasteiger partial charge in [-0.2, -0.15) is 4.31 Å². The van der Waals surface area contributed by atoms with Crippen LogP contribution in [0.4, 0.5) is 0 Å². The summed E-state index contributed by atoms with van der Waals surface area (Å²) in [5.41, 5.74) is 0. The fraction of sp³-hybridized carbons (Fsp3) is 0.778. The summed E-state index contributed by atoms with van der Waals surface area (Å²) in [5, 5.41) is 8.90. The molecular formula is C9H16N2O5S. The van der Waals surface area contributed by atoms with Crippen LogP contribution in [-0.4, -0.2) is 67.0 Å². The number of hydrogen-bond acceptors (Lipinski definition) is 4. The first-order valence-electron chi connectivity index (χ1n) is 5.17. The number of sulfonamides is 1. The standard InChI is InChI=1S/C9H16N2O5S/c1-10(17(2,15)16)6-8(12)11-5-3-4-7(11)9(13)14/h7H,3-6H2,1-2H3,(H,13,14). The van der Waals surface area contributed by atoms with Gasteiger partial charge in [0.05, 0.1) is 12.8 Å². The molecule has 0 spiro atoms. The molecule has 1 unspecified atom stereocenters. The minimum Gasteiger partial charge on any atom is -0.480 e. The Morgan fingerprint density at radius 3 is 2.53 bits per heavy atom. The summed E-state index contributed by atoms with van der Waals surface area (Å²) in [5.74, 6) is -1.51. The first-order valence-corrected chi connectivity index (χ1v) is 7.02. The SMILES string of the molecule is CN(CC(=O)N1CCCC1C(=O)O)S(C)(=O)=O. The first kappa shape index (κ1) is 13.9. The fourth-order valence-electron chi connectivity index (χ4n) is 1.72. The van der Waals surface area contributed by atoms with Gasteiger partial charge in [-0.15, -0.1) is 0 Å². The highest BCUT2D eigenvalue weighted by molar-refractivity contribution is 7.88. The van der Waals surface area contributed by atoms with Gasteiger partial charge in [0.25, 0.3) is 0 Å². The molecule has 1 saturated heterocycles. The number of likely N-dealkylation sites (N-methyl/N-ethyl adjacent to an activating group) is 1. The van der Waals surface area contributed by atoms with E-state index in [4.69, 9.17) is 5.11 Å². The molecule has 1 N–H and O–H groups in total. The highest BCUT2D eigenvalue weighted by atomic mass is 32.2. The average Bonchev–Trinajstić information content (AvgIpc) is 2.63. The van der Waals surface area contributed by atoms with Crippen LogP contribution >= 0.6 is 0 Å². The molecule has 0 bridgehead atoms. The predicted octanol–water partition coefficient (Wildman–Crippen LogP) is -1.05. The quantitative estimate of drug-likeness (QED) is 0.699. The predicted molar refractivity (Wildman–Crippen MR) is 59.8 cm³/mol. The number of carboxylic acids is 1. The molecule has 1 aliphatic heterocycles. The Hall–Kier alpha value is -1.15. The Bertz CT molecular complexity index is 419. The third-order valence-corrected chi connectivity index (χ3v) is 4.04. The number of carbonyl (C=O) groups is 2. The molecule has 1 aliphatic rings. The third-order valence-electron chi connectivity index (χ3n) is 2.78. The van der Waals surface area contributed by atoms with Crippen LogP contribution in [0.1, 0.15) is 12.8 Å². The molecule has 7 nitrogen and oxygen atoms in total. The van der Waals surface area contributed by atoms with Crippen molar-refractivity contribution < 1.29 is 23.1 Å². The van der Waals surface area contributed by atoms with Crippen LogP contribution in [0.25, 0.3) is 0 Å². The molecule has 1 rings (SSSR count). The van der Waals surface area contributed by atoms with Gasteiger partial charge in [0.1, 0.15) is 6.04 Å². The first-order chi connectivity index (χ1) is 7.73. The highest BCUT2D eigenvalue weighted by Crippen LogP contribution is 2.17. The summed E-state index contributed by atoms with van der Waals surface area (Å²) in [7, 11) is -2.14. The van der Waals surface area contributed by atoms with Gasteiger partial charge in [-0.3, -0.25) is 4.79 Å². The van der Waals surface area contributed by atoms with Crippen molar-refractivity contribution in [2.45, 2.75) is 18.9 Å². The van der Waals surface area contributed by atoms with Gasteiger partial charge in [0.2, 0.25) is 15.9 Å². The lowest BCUT2D eigenvalue weighted by atomic mass is 10.2. The normalized spacial score (nSPS) is 20.9. The van der Waals surface area contributed by atoms with Crippen molar-refractivity contribution in [2.75, 3.05) is 26.4 Å². The number of likely N-dealkylation sites (tertiary alicyclic amines) is 1. The Morgan fingerprint density at radius 1 is 1.47 bits per heavy atom. The molecule has 1 amide bonds. The van der Waals surface area contributed by atoms with Crippen molar-refractivity contribution >= 4 is 21.9 Å². The number of aliphatic carboxylic acids is 1. The number of carbonyl (C=O) groups excluding carboxylic acids is 1. The molecule has 8 heteroatoms. The smallest absolute Gasteiger partial charge is 0.326 e.